The standard InChI is InChI=1S/C10H12F2N4/c1-16(5-10(11)12)9-3-8-6(2-7(9)13)4-14-15-8/h2-4,10H,5,13H2,1H3,(H,14,15). The second-order valence-electron chi connectivity index (χ2n) is 3.64. The summed E-state index contributed by atoms with van der Waals surface area (Å²) in [6.07, 6.45) is -0.746. The van der Waals surface area contributed by atoms with Crippen molar-refractivity contribution in [3.05, 3.63) is 18.3 Å². The fraction of sp³-hybridized carbons (Fsp3) is 0.300. The molecule has 0 aliphatic heterocycles. The summed E-state index contributed by atoms with van der Waals surface area (Å²) in [5.74, 6) is 0. The molecule has 0 aliphatic carbocycles. The number of rotatable bonds is 3. The Labute approximate surface area is 91.0 Å². The van der Waals surface area contributed by atoms with Crippen LogP contribution in [0.5, 0.6) is 0 Å². The van der Waals surface area contributed by atoms with Crippen molar-refractivity contribution in [2.24, 2.45) is 0 Å². The molecule has 4 nitrogen and oxygen atoms in total. The molecule has 2 aromatic rings. The van der Waals surface area contributed by atoms with Crippen LogP contribution in [0.1, 0.15) is 0 Å². The van der Waals surface area contributed by atoms with Gasteiger partial charge in [0.05, 0.1) is 29.6 Å². The van der Waals surface area contributed by atoms with Crippen molar-refractivity contribution >= 4 is 22.3 Å². The Hall–Kier alpha value is -1.85. The van der Waals surface area contributed by atoms with Gasteiger partial charge in [-0.25, -0.2) is 8.78 Å². The zero-order valence-electron chi connectivity index (χ0n) is 8.74. The van der Waals surface area contributed by atoms with E-state index in [0.717, 1.165) is 10.9 Å². The highest BCUT2D eigenvalue weighted by Gasteiger charge is 2.12. The predicted octanol–water partition coefficient (Wildman–Crippen LogP) is 1.85. The van der Waals surface area contributed by atoms with E-state index < -0.39 is 6.43 Å². The van der Waals surface area contributed by atoms with Crippen molar-refractivity contribution in [2.75, 3.05) is 24.2 Å². The Bertz CT molecular complexity index is 495. The second kappa shape index (κ2) is 3.96. The van der Waals surface area contributed by atoms with Gasteiger partial charge in [-0.2, -0.15) is 5.10 Å². The number of nitrogen functional groups attached to an aromatic ring is 1. The number of benzene rings is 1. The number of hydrogen-bond donors (Lipinski definition) is 2. The van der Waals surface area contributed by atoms with Gasteiger partial charge in [0.15, 0.2) is 0 Å². The van der Waals surface area contributed by atoms with Crippen molar-refractivity contribution < 1.29 is 8.78 Å². The number of alkyl halides is 2. The van der Waals surface area contributed by atoms with Crippen LogP contribution in [0.2, 0.25) is 0 Å². The summed E-state index contributed by atoms with van der Waals surface area (Å²) < 4.78 is 24.5. The van der Waals surface area contributed by atoms with Gasteiger partial charge in [0.2, 0.25) is 0 Å². The van der Waals surface area contributed by atoms with Gasteiger partial charge < -0.3 is 10.6 Å². The number of nitrogens with two attached hydrogens (primary N) is 1. The largest absolute Gasteiger partial charge is 0.397 e. The highest BCUT2D eigenvalue weighted by molar-refractivity contribution is 5.88. The average Bonchev–Trinajstić information content (AvgIpc) is 2.61. The molecule has 0 amide bonds. The third-order valence-corrected chi connectivity index (χ3v) is 2.41. The molecule has 1 aromatic carbocycles. The van der Waals surface area contributed by atoms with Crippen molar-refractivity contribution in [3.63, 3.8) is 0 Å². The fourth-order valence-electron chi connectivity index (χ4n) is 1.63. The lowest BCUT2D eigenvalue weighted by Crippen LogP contribution is -2.24. The lowest BCUT2D eigenvalue weighted by molar-refractivity contribution is 0.156. The number of nitrogens with one attached hydrogen (secondary N) is 1. The van der Waals surface area contributed by atoms with Gasteiger partial charge >= 0.3 is 0 Å². The van der Waals surface area contributed by atoms with E-state index >= 15 is 0 Å². The topological polar surface area (TPSA) is 57.9 Å². The number of H-pyrrole nitrogens is 1. The number of halogens is 2. The Kier molecular flexibility index (Phi) is 2.64. The lowest BCUT2D eigenvalue weighted by Gasteiger charge is -2.20. The quantitative estimate of drug-likeness (QED) is 0.785. The lowest BCUT2D eigenvalue weighted by atomic mass is 10.2. The summed E-state index contributed by atoms with van der Waals surface area (Å²) in [6, 6.07) is 3.44. The van der Waals surface area contributed by atoms with E-state index in [1.54, 1.807) is 25.4 Å². The Morgan fingerprint density at radius 1 is 1.50 bits per heavy atom. The zero-order valence-corrected chi connectivity index (χ0v) is 8.74. The normalized spacial score (nSPS) is 11.2. The molecule has 0 atom stereocenters. The van der Waals surface area contributed by atoms with Crippen molar-refractivity contribution in [3.8, 4) is 0 Å². The summed E-state index contributed by atoms with van der Waals surface area (Å²) in [7, 11) is 1.58. The van der Waals surface area contributed by atoms with Crippen LogP contribution in [0.4, 0.5) is 20.2 Å². The van der Waals surface area contributed by atoms with E-state index in [4.69, 9.17) is 5.73 Å². The number of hydrogen-bond acceptors (Lipinski definition) is 3. The van der Waals surface area contributed by atoms with E-state index in [2.05, 4.69) is 10.2 Å². The molecule has 0 spiro atoms. The van der Waals surface area contributed by atoms with Crippen LogP contribution < -0.4 is 10.6 Å². The van der Waals surface area contributed by atoms with Crippen LogP contribution >= 0.6 is 0 Å². The molecule has 86 valence electrons. The van der Waals surface area contributed by atoms with Gasteiger partial charge in [-0.15, -0.1) is 0 Å². The van der Waals surface area contributed by atoms with Crippen LogP contribution in [0.15, 0.2) is 18.3 Å². The number of nitrogens with zero attached hydrogens (tertiary/aromatic N) is 2. The molecule has 0 saturated heterocycles. The highest BCUT2D eigenvalue weighted by Crippen LogP contribution is 2.27. The summed E-state index contributed by atoms with van der Waals surface area (Å²) in [4.78, 5) is 1.43. The second-order valence-corrected chi connectivity index (χ2v) is 3.64. The minimum absolute atomic E-state index is 0.343. The van der Waals surface area contributed by atoms with Crippen molar-refractivity contribution in [1.82, 2.24) is 10.2 Å². The molecule has 2 rings (SSSR count). The van der Waals surface area contributed by atoms with E-state index in [1.807, 2.05) is 0 Å². The minimum Gasteiger partial charge on any atom is -0.397 e. The molecule has 0 unspecified atom stereocenters. The van der Waals surface area contributed by atoms with Gasteiger partial charge in [-0.3, -0.25) is 5.10 Å². The van der Waals surface area contributed by atoms with E-state index in [9.17, 15) is 8.78 Å². The smallest absolute Gasteiger partial charge is 0.255 e. The highest BCUT2D eigenvalue weighted by atomic mass is 19.3. The fourth-order valence-corrected chi connectivity index (χ4v) is 1.63. The molecule has 1 heterocycles. The van der Waals surface area contributed by atoms with Crippen LogP contribution in [0.3, 0.4) is 0 Å². The molecule has 3 N–H and O–H groups in total. The van der Waals surface area contributed by atoms with Crippen LogP contribution in [-0.2, 0) is 0 Å². The molecule has 6 heteroatoms. The average molecular weight is 226 g/mol. The molecular weight excluding hydrogens is 214 g/mol. The van der Waals surface area contributed by atoms with Crippen molar-refractivity contribution in [1.29, 1.82) is 0 Å². The summed E-state index contributed by atoms with van der Waals surface area (Å²) in [5.41, 5.74) is 7.63. The molecule has 0 aliphatic rings. The van der Waals surface area contributed by atoms with Crippen LogP contribution in [0.25, 0.3) is 10.9 Å². The number of fused-ring (bicyclic) bond motifs is 1. The monoisotopic (exact) mass is 226 g/mol. The molecule has 0 fully saturated rings. The van der Waals surface area contributed by atoms with Gasteiger partial charge in [0.25, 0.3) is 6.43 Å². The van der Waals surface area contributed by atoms with Crippen LogP contribution in [0, 0.1) is 0 Å². The van der Waals surface area contributed by atoms with E-state index in [-0.39, 0.29) is 6.54 Å². The predicted molar refractivity (Wildman–Crippen MR) is 59.8 cm³/mol. The van der Waals surface area contributed by atoms with Crippen LogP contribution in [-0.4, -0.2) is 30.2 Å². The molecule has 0 bridgehead atoms. The number of anilines is 2. The van der Waals surface area contributed by atoms with Gasteiger partial charge in [-0.05, 0) is 12.1 Å². The summed E-state index contributed by atoms with van der Waals surface area (Å²) >= 11 is 0. The number of aromatic amines is 1. The third-order valence-electron chi connectivity index (χ3n) is 2.41. The Morgan fingerprint density at radius 3 is 2.94 bits per heavy atom. The first kappa shape index (κ1) is 10.7. The minimum atomic E-state index is -2.39. The SMILES string of the molecule is CN(CC(F)F)c1cc2[nH]ncc2cc1N. The molecule has 16 heavy (non-hydrogen) atoms. The third kappa shape index (κ3) is 1.91. The van der Waals surface area contributed by atoms with Gasteiger partial charge in [0.1, 0.15) is 0 Å². The molecular formula is C10H12F2N4. The van der Waals surface area contributed by atoms with E-state index in [1.165, 1.54) is 4.90 Å². The maximum atomic E-state index is 12.3. The Morgan fingerprint density at radius 2 is 2.25 bits per heavy atom. The van der Waals surface area contributed by atoms with E-state index in [0.29, 0.717) is 11.4 Å². The van der Waals surface area contributed by atoms with Gasteiger partial charge in [0, 0.05) is 12.4 Å². The molecule has 1 aromatic heterocycles. The van der Waals surface area contributed by atoms with Gasteiger partial charge in [-0.1, -0.05) is 0 Å². The van der Waals surface area contributed by atoms with Crippen molar-refractivity contribution in [2.45, 2.75) is 6.43 Å². The zero-order chi connectivity index (χ0) is 11.7. The molecule has 0 saturated carbocycles. The summed E-state index contributed by atoms with van der Waals surface area (Å²) in [5, 5.41) is 7.50. The Balaban J connectivity index is 2.38. The first-order valence-electron chi connectivity index (χ1n) is 4.80. The first-order valence-corrected chi connectivity index (χ1v) is 4.80. The number of aromatic nitrogens is 2. The molecule has 0 radical (unpaired) electrons. The maximum absolute atomic E-state index is 12.3. The summed E-state index contributed by atoms with van der Waals surface area (Å²) in [6.45, 7) is -0.343. The first-order chi connectivity index (χ1) is 7.58. The maximum Gasteiger partial charge on any atom is 0.255 e.